The molecule has 2 aliphatic rings. The van der Waals surface area contributed by atoms with E-state index in [9.17, 15) is 4.79 Å². The molecule has 1 aliphatic heterocycles. The zero-order valence-electron chi connectivity index (χ0n) is 20.6. The molecule has 186 valence electrons. The van der Waals surface area contributed by atoms with E-state index in [2.05, 4.69) is 17.0 Å². The van der Waals surface area contributed by atoms with E-state index in [1.54, 1.807) is 4.68 Å². The van der Waals surface area contributed by atoms with E-state index >= 15 is 0 Å². The number of aromatic nitrogens is 3. The summed E-state index contributed by atoms with van der Waals surface area (Å²) < 4.78 is 6.86. The van der Waals surface area contributed by atoms with E-state index in [-0.39, 0.29) is 11.6 Å². The molecular formula is C28H32N6O2. The Hall–Kier alpha value is -3.75. The topological polar surface area (TPSA) is 112 Å². The SMILES string of the molecule is CN1CCOCC1.NC(=O)c1c(-c2ccc3ccc(-c4ccccc4)nc3c2)nn(C2CCC2)c1N. The normalized spacial score (nSPS) is 16.2. The van der Waals surface area contributed by atoms with Gasteiger partial charge >= 0.3 is 0 Å². The number of likely N-dealkylation sites (N-methyl/N-ethyl adjacent to an activating group) is 1. The monoisotopic (exact) mass is 484 g/mol. The molecule has 0 radical (unpaired) electrons. The summed E-state index contributed by atoms with van der Waals surface area (Å²) in [6.07, 6.45) is 3.18. The van der Waals surface area contributed by atoms with Crippen LogP contribution in [0.1, 0.15) is 35.7 Å². The van der Waals surface area contributed by atoms with Crippen molar-refractivity contribution in [2.75, 3.05) is 39.1 Å². The van der Waals surface area contributed by atoms with Gasteiger partial charge in [-0.2, -0.15) is 5.10 Å². The Morgan fingerprint density at radius 1 is 1.00 bits per heavy atom. The first-order valence-corrected chi connectivity index (χ1v) is 12.4. The number of fused-ring (bicyclic) bond motifs is 1. The fourth-order valence-corrected chi connectivity index (χ4v) is 4.49. The summed E-state index contributed by atoms with van der Waals surface area (Å²) in [5.74, 6) is -0.211. The molecule has 2 fully saturated rings. The van der Waals surface area contributed by atoms with Crippen LogP contribution < -0.4 is 11.5 Å². The third-order valence-electron chi connectivity index (χ3n) is 6.88. The average Bonchev–Trinajstić information content (AvgIpc) is 3.20. The summed E-state index contributed by atoms with van der Waals surface area (Å²) in [6, 6.07) is 20.2. The Bertz CT molecular complexity index is 1360. The number of ether oxygens (including phenoxy) is 1. The Kier molecular flexibility index (Phi) is 6.97. The summed E-state index contributed by atoms with van der Waals surface area (Å²) in [5, 5.41) is 5.69. The average molecular weight is 485 g/mol. The van der Waals surface area contributed by atoms with Crippen molar-refractivity contribution in [2.24, 2.45) is 5.73 Å². The van der Waals surface area contributed by atoms with Crippen molar-refractivity contribution in [3.05, 3.63) is 66.2 Å². The molecule has 1 saturated carbocycles. The van der Waals surface area contributed by atoms with Gasteiger partial charge in [0, 0.05) is 29.6 Å². The van der Waals surface area contributed by atoms with E-state index in [0.29, 0.717) is 11.5 Å². The van der Waals surface area contributed by atoms with Crippen molar-refractivity contribution in [3.63, 3.8) is 0 Å². The third kappa shape index (κ3) is 4.96. The lowest BCUT2D eigenvalue weighted by Gasteiger charge is -2.26. The van der Waals surface area contributed by atoms with Crippen LogP contribution in [0.4, 0.5) is 5.82 Å². The molecule has 8 nitrogen and oxygen atoms in total. The van der Waals surface area contributed by atoms with Gasteiger partial charge < -0.3 is 21.1 Å². The number of pyridine rings is 1. The number of nitrogen functional groups attached to an aromatic ring is 1. The van der Waals surface area contributed by atoms with Crippen LogP contribution >= 0.6 is 0 Å². The van der Waals surface area contributed by atoms with E-state index in [1.807, 2.05) is 60.7 Å². The zero-order valence-corrected chi connectivity index (χ0v) is 20.6. The molecule has 4 aromatic rings. The molecule has 4 N–H and O–H groups in total. The molecule has 3 heterocycles. The molecule has 0 atom stereocenters. The number of nitrogens with two attached hydrogens (primary N) is 2. The van der Waals surface area contributed by atoms with E-state index in [0.717, 1.165) is 73.3 Å². The van der Waals surface area contributed by atoms with Gasteiger partial charge in [-0.1, -0.05) is 48.5 Å². The summed E-state index contributed by atoms with van der Waals surface area (Å²) >= 11 is 0. The Morgan fingerprint density at radius 2 is 1.72 bits per heavy atom. The second kappa shape index (κ2) is 10.5. The quantitative estimate of drug-likeness (QED) is 0.451. The highest BCUT2D eigenvalue weighted by Gasteiger charge is 2.28. The van der Waals surface area contributed by atoms with Crippen LogP contribution in [-0.2, 0) is 4.74 Å². The van der Waals surface area contributed by atoms with E-state index in [1.165, 1.54) is 0 Å². The number of primary amides is 1. The first-order valence-electron chi connectivity index (χ1n) is 12.4. The fraction of sp³-hybridized carbons (Fsp3) is 0.321. The second-order valence-corrected chi connectivity index (χ2v) is 9.39. The minimum absolute atomic E-state index is 0.241. The summed E-state index contributed by atoms with van der Waals surface area (Å²) in [4.78, 5) is 19.2. The maximum atomic E-state index is 12.1. The highest BCUT2D eigenvalue weighted by molar-refractivity contribution is 6.04. The molecule has 2 aromatic heterocycles. The smallest absolute Gasteiger partial charge is 0.254 e. The van der Waals surface area contributed by atoms with Gasteiger partial charge in [-0.15, -0.1) is 0 Å². The standard InChI is InChI=1S/C23H21N5O.C5H11NO/c24-22-20(23(25)29)21(27-28(22)17-7-4-8-17)16-10-9-15-11-12-18(26-19(15)13-16)14-5-2-1-3-6-14;1-6-2-4-7-5-3-6/h1-3,5-6,9-13,17H,4,7-8,24H2,(H2,25,29);2-5H2,1H3. The number of hydrogen-bond donors (Lipinski definition) is 2. The van der Waals surface area contributed by atoms with Crippen LogP contribution in [0.5, 0.6) is 0 Å². The van der Waals surface area contributed by atoms with E-state index in [4.69, 9.17) is 21.2 Å². The molecule has 1 amide bonds. The lowest BCUT2D eigenvalue weighted by atomic mass is 9.93. The van der Waals surface area contributed by atoms with Crippen LogP contribution in [0.2, 0.25) is 0 Å². The third-order valence-corrected chi connectivity index (χ3v) is 6.88. The number of benzene rings is 2. The summed E-state index contributed by atoms with van der Waals surface area (Å²) in [6.45, 7) is 4.02. The summed E-state index contributed by atoms with van der Waals surface area (Å²) in [5.41, 5.74) is 16.3. The maximum Gasteiger partial charge on any atom is 0.254 e. The van der Waals surface area contributed by atoms with Crippen LogP contribution in [0.3, 0.4) is 0 Å². The van der Waals surface area contributed by atoms with Gasteiger partial charge in [-0.05, 0) is 38.4 Å². The minimum Gasteiger partial charge on any atom is -0.383 e. The number of nitrogens with zero attached hydrogens (tertiary/aromatic N) is 4. The van der Waals surface area contributed by atoms with Gasteiger partial charge in [-0.3, -0.25) is 4.79 Å². The highest BCUT2D eigenvalue weighted by Crippen LogP contribution is 2.37. The number of rotatable bonds is 4. The lowest BCUT2D eigenvalue weighted by molar-refractivity contribution is 0.0503. The maximum absolute atomic E-state index is 12.1. The second-order valence-electron chi connectivity index (χ2n) is 9.39. The molecule has 0 bridgehead atoms. The van der Waals surface area contributed by atoms with Crippen molar-refractivity contribution >= 4 is 22.6 Å². The predicted molar refractivity (Wildman–Crippen MR) is 143 cm³/mol. The minimum atomic E-state index is -0.561. The van der Waals surface area contributed by atoms with Gasteiger partial charge in [0.1, 0.15) is 17.1 Å². The number of carbonyl (C=O) groups excluding carboxylic acids is 1. The molecule has 36 heavy (non-hydrogen) atoms. The molecule has 1 aliphatic carbocycles. The van der Waals surface area contributed by atoms with Crippen LogP contribution in [0.25, 0.3) is 33.4 Å². The van der Waals surface area contributed by atoms with Gasteiger partial charge in [0.2, 0.25) is 0 Å². The number of morpholine rings is 1. The van der Waals surface area contributed by atoms with Crippen molar-refractivity contribution in [1.29, 1.82) is 0 Å². The van der Waals surface area contributed by atoms with E-state index < -0.39 is 5.91 Å². The predicted octanol–water partition coefficient (Wildman–Crippen LogP) is 4.12. The number of carbonyl (C=O) groups is 1. The van der Waals surface area contributed by atoms with Crippen LogP contribution in [-0.4, -0.2) is 58.9 Å². The van der Waals surface area contributed by atoms with Gasteiger partial charge in [-0.25, -0.2) is 9.67 Å². The van der Waals surface area contributed by atoms with Gasteiger partial charge in [0.25, 0.3) is 5.91 Å². The van der Waals surface area contributed by atoms with Crippen molar-refractivity contribution in [1.82, 2.24) is 19.7 Å². The lowest BCUT2D eigenvalue weighted by Crippen LogP contribution is -2.32. The molecule has 0 unspecified atom stereocenters. The molecule has 1 saturated heterocycles. The van der Waals surface area contributed by atoms with Gasteiger partial charge in [0.05, 0.1) is 30.5 Å². The molecule has 0 spiro atoms. The number of amides is 1. The molecule has 8 heteroatoms. The van der Waals surface area contributed by atoms with Crippen LogP contribution in [0, 0.1) is 0 Å². The van der Waals surface area contributed by atoms with Gasteiger partial charge in [0.15, 0.2) is 0 Å². The number of hydrogen-bond acceptors (Lipinski definition) is 6. The Morgan fingerprint density at radius 3 is 2.33 bits per heavy atom. The summed E-state index contributed by atoms with van der Waals surface area (Å²) in [7, 11) is 2.11. The Labute approximate surface area is 210 Å². The first-order chi connectivity index (χ1) is 17.5. The molecule has 6 rings (SSSR count). The highest BCUT2D eigenvalue weighted by atomic mass is 16.5. The Balaban J connectivity index is 0.000000330. The van der Waals surface area contributed by atoms with Crippen molar-refractivity contribution < 1.29 is 9.53 Å². The molecular weight excluding hydrogens is 452 g/mol. The van der Waals surface area contributed by atoms with Crippen LogP contribution in [0.15, 0.2) is 60.7 Å². The number of anilines is 1. The molecule has 2 aromatic carbocycles. The largest absolute Gasteiger partial charge is 0.383 e. The first kappa shape index (κ1) is 24.0. The van der Waals surface area contributed by atoms with Crippen molar-refractivity contribution in [2.45, 2.75) is 25.3 Å². The fourth-order valence-electron chi connectivity index (χ4n) is 4.49. The van der Waals surface area contributed by atoms with Crippen molar-refractivity contribution in [3.8, 4) is 22.5 Å². The zero-order chi connectivity index (χ0) is 25.1.